The number of carboxylic acid groups (broad SMARTS) is 1. The molecule has 1 N–H and O–H groups in total. The van der Waals surface area contributed by atoms with Gasteiger partial charge in [-0.2, -0.15) is 0 Å². The molecule has 0 atom stereocenters. The number of hydrogen-bond donors (Lipinski definition) is 1. The Morgan fingerprint density at radius 2 is 2.42 bits per heavy atom. The van der Waals surface area contributed by atoms with E-state index >= 15 is 0 Å². The second-order valence-corrected chi connectivity index (χ2v) is 3.05. The molecular weight excluding hydrogens is 158 g/mol. The molecule has 0 fully saturated rings. The fraction of sp³-hybridized carbons (Fsp3) is 0.625. The molecule has 0 radical (unpaired) electrons. The minimum atomic E-state index is -0.902. The molecule has 1 heterocycles. The standard InChI is InChI=1S/C8H13NO3/c1-6(2)9-3-7(8(10)11)4-12-5-9/h3,6H,4-5H2,1-2H3,(H,10,11). The molecule has 1 rings (SSSR count). The van der Waals surface area contributed by atoms with Crippen LogP contribution in [0.1, 0.15) is 13.8 Å². The SMILES string of the molecule is CC(C)N1C=C(C(=O)O)COC1. The Morgan fingerprint density at radius 1 is 1.75 bits per heavy atom. The maximum atomic E-state index is 10.5. The van der Waals surface area contributed by atoms with Crippen molar-refractivity contribution in [2.24, 2.45) is 0 Å². The fourth-order valence-electron chi connectivity index (χ4n) is 0.951. The van der Waals surface area contributed by atoms with E-state index < -0.39 is 5.97 Å². The Labute approximate surface area is 71.4 Å². The van der Waals surface area contributed by atoms with E-state index in [1.807, 2.05) is 18.7 Å². The number of aliphatic carboxylic acids is 1. The molecule has 0 unspecified atom stereocenters. The van der Waals surface area contributed by atoms with Gasteiger partial charge in [0.15, 0.2) is 0 Å². The quantitative estimate of drug-likeness (QED) is 0.662. The maximum absolute atomic E-state index is 10.5. The molecule has 0 aromatic carbocycles. The first kappa shape index (κ1) is 9.06. The van der Waals surface area contributed by atoms with Crippen molar-refractivity contribution < 1.29 is 14.6 Å². The van der Waals surface area contributed by atoms with E-state index in [2.05, 4.69) is 0 Å². The van der Waals surface area contributed by atoms with Crippen LogP contribution in [0.25, 0.3) is 0 Å². The van der Waals surface area contributed by atoms with E-state index in [4.69, 9.17) is 9.84 Å². The number of nitrogens with zero attached hydrogens (tertiary/aromatic N) is 1. The summed E-state index contributed by atoms with van der Waals surface area (Å²) in [5, 5.41) is 8.66. The zero-order chi connectivity index (χ0) is 9.14. The van der Waals surface area contributed by atoms with Crippen LogP contribution in [0.3, 0.4) is 0 Å². The topological polar surface area (TPSA) is 49.8 Å². The number of carboxylic acids is 1. The molecule has 0 bridgehead atoms. The lowest BCUT2D eigenvalue weighted by atomic mass is 10.2. The Hall–Kier alpha value is -1.03. The van der Waals surface area contributed by atoms with Crippen molar-refractivity contribution in [2.75, 3.05) is 13.3 Å². The molecule has 0 saturated carbocycles. The minimum Gasteiger partial charge on any atom is -0.478 e. The first-order chi connectivity index (χ1) is 5.61. The summed E-state index contributed by atoms with van der Waals surface area (Å²) in [4.78, 5) is 12.4. The first-order valence-corrected chi connectivity index (χ1v) is 3.88. The van der Waals surface area contributed by atoms with Crippen molar-refractivity contribution in [3.63, 3.8) is 0 Å². The van der Waals surface area contributed by atoms with Crippen LogP contribution in [-0.2, 0) is 9.53 Å². The highest BCUT2D eigenvalue weighted by Crippen LogP contribution is 2.10. The van der Waals surface area contributed by atoms with E-state index in [0.29, 0.717) is 12.3 Å². The van der Waals surface area contributed by atoms with E-state index in [9.17, 15) is 4.79 Å². The van der Waals surface area contributed by atoms with Crippen molar-refractivity contribution >= 4 is 5.97 Å². The molecule has 0 aliphatic carbocycles. The van der Waals surface area contributed by atoms with Crippen molar-refractivity contribution in [1.29, 1.82) is 0 Å². The second-order valence-electron chi connectivity index (χ2n) is 3.05. The number of carbonyl (C=O) groups is 1. The average molecular weight is 171 g/mol. The highest BCUT2D eigenvalue weighted by Gasteiger charge is 2.16. The molecule has 0 spiro atoms. The summed E-state index contributed by atoms with van der Waals surface area (Å²) < 4.78 is 5.09. The lowest BCUT2D eigenvalue weighted by Crippen LogP contribution is -2.33. The smallest absolute Gasteiger partial charge is 0.335 e. The van der Waals surface area contributed by atoms with Crippen molar-refractivity contribution in [3.05, 3.63) is 11.8 Å². The number of ether oxygens (including phenoxy) is 1. The summed E-state index contributed by atoms with van der Waals surface area (Å²) in [7, 11) is 0. The van der Waals surface area contributed by atoms with Gasteiger partial charge in [0.05, 0.1) is 12.2 Å². The third-order valence-corrected chi connectivity index (χ3v) is 1.76. The normalized spacial score (nSPS) is 17.9. The molecular formula is C8H13NO3. The molecule has 4 heteroatoms. The molecule has 0 saturated heterocycles. The zero-order valence-electron chi connectivity index (χ0n) is 7.28. The molecule has 68 valence electrons. The highest BCUT2D eigenvalue weighted by atomic mass is 16.5. The molecule has 1 aliphatic rings. The Bertz CT molecular complexity index is 210. The van der Waals surface area contributed by atoms with Gasteiger partial charge < -0.3 is 14.7 Å². The predicted octanol–water partition coefficient (Wildman–Crippen LogP) is 0.653. The zero-order valence-corrected chi connectivity index (χ0v) is 7.28. The fourth-order valence-corrected chi connectivity index (χ4v) is 0.951. The highest BCUT2D eigenvalue weighted by molar-refractivity contribution is 5.86. The third-order valence-electron chi connectivity index (χ3n) is 1.76. The summed E-state index contributed by atoms with van der Waals surface area (Å²) in [5.41, 5.74) is 0.315. The van der Waals surface area contributed by atoms with Gasteiger partial charge in [-0.15, -0.1) is 0 Å². The molecule has 0 amide bonds. The monoisotopic (exact) mass is 171 g/mol. The summed E-state index contributed by atoms with van der Waals surface area (Å²) in [6.45, 7) is 4.67. The summed E-state index contributed by atoms with van der Waals surface area (Å²) in [6, 6.07) is 0.277. The van der Waals surface area contributed by atoms with Gasteiger partial charge in [0, 0.05) is 12.2 Å². The van der Waals surface area contributed by atoms with Gasteiger partial charge in [0.25, 0.3) is 0 Å². The van der Waals surface area contributed by atoms with Crippen molar-refractivity contribution in [2.45, 2.75) is 19.9 Å². The Balaban J connectivity index is 2.70. The van der Waals surface area contributed by atoms with E-state index in [-0.39, 0.29) is 12.6 Å². The largest absolute Gasteiger partial charge is 0.478 e. The van der Waals surface area contributed by atoms with E-state index in [1.54, 1.807) is 6.20 Å². The van der Waals surface area contributed by atoms with Crippen LogP contribution in [0.15, 0.2) is 11.8 Å². The first-order valence-electron chi connectivity index (χ1n) is 3.88. The molecule has 0 aromatic heterocycles. The molecule has 1 aliphatic heterocycles. The lowest BCUT2D eigenvalue weighted by molar-refractivity contribution is -0.134. The summed E-state index contributed by atoms with van der Waals surface area (Å²) in [5.74, 6) is -0.902. The lowest BCUT2D eigenvalue weighted by Gasteiger charge is -2.28. The summed E-state index contributed by atoms with van der Waals surface area (Å²) >= 11 is 0. The van der Waals surface area contributed by atoms with Gasteiger partial charge in [-0.1, -0.05) is 0 Å². The average Bonchev–Trinajstić information content (AvgIpc) is 2.04. The van der Waals surface area contributed by atoms with E-state index in [1.165, 1.54) is 0 Å². The van der Waals surface area contributed by atoms with Gasteiger partial charge in [-0.25, -0.2) is 4.79 Å². The van der Waals surface area contributed by atoms with Crippen LogP contribution in [0.4, 0.5) is 0 Å². The van der Waals surface area contributed by atoms with Crippen molar-refractivity contribution in [3.8, 4) is 0 Å². The van der Waals surface area contributed by atoms with Gasteiger partial charge in [-0.3, -0.25) is 0 Å². The molecule has 4 nitrogen and oxygen atoms in total. The minimum absolute atomic E-state index is 0.207. The van der Waals surface area contributed by atoms with Crippen molar-refractivity contribution in [1.82, 2.24) is 4.90 Å². The Morgan fingerprint density at radius 3 is 2.92 bits per heavy atom. The van der Waals surface area contributed by atoms with Gasteiger partial charge in [0.1, 0.15) is 6.73 Å². The molecule has 0 aromatic rings. The van der Waals surface area contributed by atoms with Crippen LogP contribution < -0.4 is 0 Å². The second kappa shape index (κ2) is 3.58. The summed E-state index contributed by atoms with van der Waals surface area (Å²) in [6.07, 6.45) is 1.65. The van der Waals surface area contributed by atoms with Gasteiger partial charge >= 0.3 is 5.97 Å². The van der Waals surface area contributed by atoms with Crippen LogP contribution in [0.5, 0.6) is 0 Å². The van der Waals surface area contributed by atoms with Crippen LogP contribution in [0, 0.1) is 0 Å². The number of rotatable bonds is 2. The Kier molecular flexibility index (Phi) is 2.70. The third kappa shape index (κ3) is 1.98. The van der Waals surface area contributed by atoms with E-state index in [0.717, 1.165) is 0 Å². The molecule has 12 heavy (non-hydrogen) atoms. The van der Waals surface area contributed by atoms with Gasteiger partial charge in [0.2, 0.25) is 0 Å². The van der Waals surface area contributed by atoms with Crippen LogP contribution in [0.2, 0.25) is 0 Å². The maximum Gasteiger partial charge on any atom is 0.335 e. The van der Waals surface area contributed by atoms with Crippen LogP contribution in [-0.4, -0.2) is 35.4 Å². The number of hydrogen-bond acceptors (Lipinski definition) is 3. The van der Waals surface area contributed by atoms with Gasteiger partial charge in [-0.05, 0) is 13.8 Å². The van der Waals surface area contributed by atoms with Crippen LogP contribution >= 0.6 is 0 Å². The predicted molar refractivity (Wildman–Crippen MR) is 43.5 cm³/mol.